The molecule has 8 heteroatoms. The van der Waals surface area contributed by atoms with E-state index in [0.29, 0.717) is 0 Å². The Labute approximate surface area is 169 Å². The average molecular weight is 757 g/mol. The van der Waals surface area contributed by atoms with Gasteiger partial charge in [-0.25, -0.2) is 0 Å². The molecule has 0 spiro atoms. The summed E-state index contributed by atoms with van der Waals surface area (Å²) in [7, 11) is 0. The van der Waals surface area contributed by atoms with Crippen molar-refractivity contribution in [2.45, 2.75) is 0 Å². The minimum atomic E-state index is 0. The second kappa shape index (κ2) is 56.1. The zero-order chi connectivity index (χ0) is 0. The Hall–Kier alpha value is 5.27. The topological polar surface area (TPSA) is 0 Å². The van der Waals surface area contributed by atoms with E-state index in [1.54, 1.807) is 0 Å². The van der Waals surface area contributed by atoms with Crippen molar-refractivity contribution in [1.29, 1.82) is 0 Å². The van der Waals surface area contributed by atoms with E-state index in [9.17, 15) is 0 Å². The van der Waals surface area contributed by atoms with Gasteiger partial charge in [0.15, 0.2) is 0 Å². The molecule has 0 aromatic heterocycles. The predicted molar refractivity (Wildman–Crippen MR) is 0 cm³/mol. The molecule has 0 N–H and O–H groups in total. The molecule has 0 aliphatic rings. The fourth-order valence-corrected chi connectivity index (χ4v) is 0. The molecular formula is Br6La2. The maximum atomic E-state index is 0. The fraction of sp³-hybridized carbons (Fsp3) is 0. The summed E-state index contributed by atoms with van der Waals surface area (Å²) in [6.45, 7) is 0. The Morgan fingerprint density at radius 2 is 0.250 bits per heavy atom. The molecular weight excluding hydrogens is 757 g/mol. The third-order valence-corrected chi connectivity index (χ3v) is 0. The monoisotopic (exact) mass is 751 g/mol. The summed E-state index contributed by atoms with van der Waals surface area (Å²) in [4.78, 5) is 0. The summed E-state index contributed by atoms with van der Waals surface area (Å²) in [5.74, 6) is 0. The van der Waals surface area contributed by atoms with Gasteiger partial charge in [-0.3, -0.25) is 0 Å². The summed E-state index contributed by atoms with van der Waals surface area (Å²) in [5.41, 5.74) is 0. The first-order valence-corrected chi connectivity index (χ1v) is 0. The molecule has 8 heavy (non-hydrogen) atoms. The molecule has 0 atom stereocenters. The zero-order valence-electron chi connectivity index (χ0n) is 3.42. The number of hydrogen-bond acceptors (Lipinski definition) is 0. The summed E-state index contributed by atoms with van der Waals surface area (Å²) in [6.07, 6.45) is 0. The summed E-state index contributed by atoms with van der Waals surface area (Å²) in [5, 5.41) is 0. The first-order valence-electron chi connectivity index (χ1n) is 0. The minimum Gasteiger partial charge on any atom is -1.00 e. The quantitative estimate of drug-likeness (QED) is 0.231. The van der Waals surface area contributed by atoms with Crippen molar-refractivity contribution in [2.24, 2.45) is 0 Å². The van der Waals surface area contributed by atoms with Crippen LogP contribution in [0, 0.1) is 71.2 Å². The van der Waals surface area contributed by atoms with Crippen LogP contribution in [0.15, 0.2) is 0 Å². The fourth-order valence-electron chi connectivity index (χ4n) is 0. The van der Waals surface area contributed by atoms with Gasteiger partial charge in [0.1, 0.15) is 0 Å². The van der Waals surface area contributed by atoms with Crippen LogP contribution in [0.3, 0.4) is 0 Å². The van der Waals surface area contributed by atoms with Gasteiger partial charge < -0.3 is 102 Å². The SMILES string of the molecule is [Br-].[Br-].[Br-].[Br-].[Br-].[Br-].[La+3].[La+3]. The van der Waals surface area contributed by atoms with Gasteiger partial charge in [-0.15, -0.1) is 0 Å². The van der Waals surface area contributed by atoms with Crippen LogP contribution in [0.25, 0.3) is 0 Å². The van der Waals surface area contributed by atoms with Gasteiger partial charge >= 0.3 is 71.2 Å². The Morgan fingerprint density at radius 1 is 0.250 bits per heavy atom. The normalized spacial score (nSPS) is 0. The number of halogens is 6. The van der Waals surface area contributed by atoms with Gasteiger partial charge in [-0.2, -0.15) is 0 Å². The van der Waals surface area contributed by atoms with Gasteiger partial charge in [0.2, 0.25) is 0 Å². The van der Waals surface area contributed by atoms with E-state index in [2.05, 4.69) is 0 Å². The molecule has 0 saturated carbocycles. The number of hydrogen-bond donors (Lipinski definition) is 0. The maximum absolute atomic E-state index is 0. The van der Waals surface area contributed by atoms with E-state index in [1.807, 2.05) is 0 Å². The van der Waals surface area contributed by atoms with Crippen LogP contribution in [-0.4, -0.2) is 0 Å². The molecule has 0 aromatic rings. The van der Waals surface area contributed by atoms with E-state index >= 15 is 0 Å². The largest absolute Gasteiger partial charge is 3.00 e. The molecule has 0 radical (unpaired) electrons. The smallest absolute Gasteiger partial charge is 1.00 e. The Kier molecular flexibility index (Phi) is 505. The molecule has 0 rings (SSSR count). The summed E-state index contributed by atoms with van der Waals surface area (Å²) < 4.78 is 0. The van der Waals surface area contributed by atoms with Crippen molar-refractivity contribution in [2.75, 3.05) is 0 Å². The Bertz CT molecular complexity index is 6.49. The van der Waals surface area contributed by atoms with Crippen LogP contribution in [0.4, 0.5) is 0 Å². The van der Waals surface area contributed by atoms with Gasteiger partial charge in [0.05, 0.1) is 0 Å². The first kappa shape index (κ1) is 71.9. The standard InChI is InChI=1S/6BrH.2La/h6*1H;;/q;;;;;;2*+3/p-6. The van der Waals surface area contributed by atoms with Gasteiger partial charge in [0.25, 0.3) is 0 Å². The van der Waals surface area contributed by atoms with Gasteiger partial charge in [-0.1, -0.05) is 0 Å². The van der Waals surface area contributed by atoms with Crippen molar-refractivity contribution in [3.05, 3.63) is 0 Å². The molecule has 0 aliphatic heterocycles. The van der Waals surface area contributed by atoms with Crippen LogP contribution in [0.1, 0.15) is 0 Å². The molecule has 48 valence electrons. The van der Waals surface area contributed by atoms with Crippen molar-refractivity contribution in [1.82, 2.24) is 0 Å². The molecule has 0 unspecified atom stereocenters. The van der Waals surface area contributed by atoms with E-state index in [-0.39, 0.29) is 173 Å². The molecule has 0 saturated heterocycles. The summed E-state index contributed by atoms with van der Waals surface area (Å²) in [6, 6.07) is 0. The molecule has 0 amide bonds. The van der Waals surface area contributed by atoms with Crippen molar-refractivity contribution < 1.29 is 173 Å². The zero-order valence-corrected chi connectivity index (χ0v) is 20.2. The van der Waals surface area contributed by atoms with Crippen molar-refractivity contribution in [3.63, 3.8) is 0 Å². The van der Waals surface area contributed by atoms with Gasteiger partial charge in [0, 0.05) is 0 Å². The van der Waals surface area contributed by atoms with Crippen molar-refractivity contribution in [3.8, 4) is 0 Å². The van der Waals surface area contributed by atoms with E-state index in [1.165, 1.54) is 0 Å². The third kappa shape index (κ3) is 42.8. The number of rotatable bonds is 0. The predicted octanol–water partition coefficient (Wildman–Crippen LogP) is -18.0. The van der Waals surface area contributed by atoms with Gasteiger partial charge in [-0.05, 0) is 0 Å². The van der Waals surface area contributed by atoms with Crippen LogP contribution in [-0.2, 0) is 0 Å². The van der Waals surface area contributed by atoms with E-state index in [4.69, 9.17) is 0 Å². The molecule has 0 aliphatic carbocycles. The second-order valence-electron chi connectivity index (χ2n) is 0. The second-order valence-corrected chi connectivity index (χ2v) is 0. The molecule has 0 aromatic carbocycles. The molecule has 0 bridgehead atoms. The Balaban J connectivity index is 0. The van der Waals surface area contributed by atoms with Crippen LogP contribution >= 0.6 is 0 Å². The first-order chi connectivity index (χ1) is 0. The molecule has 0 fully saturated rings. The van der Waals surface area contributed by atoms with Crippen molar-refractivity contribution >= 4 is 0 Å². The minimum absolute atomic E-state index is 0. The summed E-state index contributed by atoms with van der Waals surface area (Å²) >= 11 is 0. The van der Waals surface area contributed by atoms with Crippen LogP contribution in [0.5, 0.6) is 0 Å². The maximum Gasteiger partial charge on any atom is 3.00 e. The van der Waals surface area contributed by atoms with Crippen LogP contribution < -0.4 is 102 Å². The third-order valence-electron chi connectivity index (χ3n) is 0. The molecule has 0 nitrogen and oxygen atoms in total. The van der Waals surface area contributed by atoms with E-state index in [0.717, 1.165) is 0 Å². The van der Waals surface area contributed by atoms with Crippen LogP contribution in [0.2, 0.25) is 0 Å². The van der Waals surface area contributed by atoms with E-state index < -0.39 is 0 Å². The Morgan fingerprint density at radius 3 is 0.250 bits per heavy atom. The molecule has 0 heterocycles. The average Bonchev–Trinajstić information content (AvgIpc) is 0.